The summed E-state index contributed by atoms with van der Waals surface area (Å²) in [6.45, 7) is 1.58. The SMILES string of the molecule is FC1(F)[C@H](C2CC2)C12CCNCC2. The molecule has 1 N–H and O–H groups in total. The third-order valence-electron chi connectivity index (χ3n) is 4.16. The molecule has 0 aromatic carbocycles. The third-order valence-corrected chi connectivity index (χ3v) is 4.16. The van der Waals surface area contributed by atoms with Gasteiger partial charge in [-0.2, -0.15) is 0 Å². The molecule has 0 aromatic rings. The van der Waals surface area contributed by atoms with Crippen molar-refractivity contribution in [1.82, 2.24) is 5.32 Å². The van der Waals surface area contributed by atoms with E-state index in [0.717, 1.165) is 25.9 Å². The topological polar surface area (TPSA) is 12.0 Å². The van der Waals surface area contributed by atoms with Crippen molar-refractivity contribution in [3.05, 3.63) is 0 Å². The summed E-state index contributed by atoms with van der Waals surface area (Å²) in [7, 11) is 0. The third kappa shape index (κ3) is 0.888. The van der Waals surface area contributed by atoms with E-state index in [-0.39, 0.29) is 5.92 Å². The summed E-state index contributed by atoms with van der Waals surface area (Å²) in [5.74, 6) is -2.20. The molecule has 13 heavy (non-hydrogen) atoms. The predicted octanol–water partition coefficient (Wildman–Crippen LogP) is 2.03. The normalized spacial score (nSPS) is 40.6. The highest BCUT2D eigenvalue weighted by Gasteiger charge is 2.82. The average molecular weight is 187 g/mol. The zero-order valence-corrected chi connectivity index (χ0v) is 7.65. The lowest BCUT2D eigenvalue weighted by atomic mass is 9.90. The summed E-state index contributed by atoms with van der Waals surface area (Å²) in [6.07, 6.45) is 3.49. The van der Waals surface area contributed by atoms with E-state index < -0.39 is 11.3 Å². The molecule has 3 heteroatoms. The largest absolute Gasteiger partial charge is 0.317 e. The molecule has 2 saturated carbocycles. The van der Waals surface area contributed by atoms with Crippen molar-refractivity contribution in [3.63, 3.8) is 0 Å². The zero-order valence-electron chi connectivity index (χ0n) is 7.65. The van der Waals surface area contributed by atoms with Crippen LogP contribution in [0.15, 0.2) is 0 Å². The molecule has 2 aliphatic carbocycles. The maximum atomic E-state index is 13.6. The van der Waals surface area contributed by atoms with Crippen molar-refractivity contribution in [2.45, 2.75) is 31.6 Å². The molecular weight excluding hydrogens is 172 g/mol. The molecule has 1 aliphatic heterocycles. The van der Waals surface area contributed by atoms with Crippen molar-refractivity contribution in [2.75, 3.05) is 13.1 Å². The summed E-state index contributed by atoms with van der Waals surface area (Å²) in [5.41, 5.74) is -0.570. The molecule has 1 heterocycles. The number of alkyl halides is 2. The maximum absolute atomic E-state index is 13.6. The molecule has 1 atom stereocenters. The number of hydrogen-bond acceptors (Lipinski definition) is 1. The molecule has 1 spiro atoms. The molecule has 0 amide bonds. The standard InChI is InChI=1S/C10H15F2N/c11-10(12)8(7-1-2-7)9(10)3-5-13-6-4-9/h7-8,13H,1-6H2/t8-/m1/s1. The van der Waals surface area contributed by atoms with Gasteiger partial charge in [-0.15, -0.1) is 0 Å². The van der Waals surface area contributed by atoms with E-state index in [4.69, 9.17) is 0 Å². The molecule has 3 rings (SSSR count). The Hall–Kier alpha value is -0.180. The molecule has 0 aromatic heterocycles. The Kier molecular flexibility index (Phi) is 1.41. The first-order valence-corrected chi connectivity index (χ1v) is 5.27. The van der Waals surface area contributed by atoms with Crippen LogP contribution in [0.5, 0.6) is 0 Å². The molecule has 3 fully saturated rings. The van der Waals surface area contributed by atoms with Gasteiger partial charge in [0.05, 0.1) is 0 Å². The van der Waals surface area contributed by atoms with Gasteiger partial charge in [-0.1, -0.05) is 0 Å². The molecule has 1 nitrogen and oxygen atoms in total. The van der Waals surface area contributed by atoms with Crippen molar-refractivity contribution < 1.29 is 8.78 Å². The fourth-order valence-electron chi connectivity index (χ4n) is 3.23. The van der Waals surface area contributed by atoms with Crippen LogP contribution in [0.25, 0.3) is 0 Å². The summed E-state index contributed by atoms with van der Waals surface area (Å²) < 4.78 is 27.2. The molecule has 1 saturated heterocycles. The maximum Gasteiger partial charge on any atom is 0.258 e. The number of piperidine rings is 1. The Morgan fingerprint density at radius 3 is 2.23 bits per heavy atom. The molecule has 0 radical (unpaired) electrons. The fourth-order valence-corrected chi connectivity index (χ4v) is 3.23. The highest BCUT2D eigenvalue weighted by molar-refractivity contribution is 5.22. The number of halogens is 2. The minimum absolute atomic E-state index is 0.248. The van der Waals surface area contributed by atoms with Crippen LogP contribution < -0.4 is 5.32 Å². The molecule has 0 bridgehead atoms. The highest BCUT2D eigenvalue weighted by Crippen LogP contribution is 2.76. The summed E-state index contributed by atoms with van der Waals surface area (Å²) >= 11 is 0. The second-order valence-electron chi connectivity index (χ2n) is 4.84. The van der Waals surface area contributed by atoms with E-state index in [9.17, 15) is 8.78 Å². The van der Waals surface area contributed by atoms with E-state index in [1.54, 1.807) is 0 Å². The number of nitrogens with one attached hydrogen (secondary N) is 1. The Morgan fingerprint density at radius 2 is 1.69 bits per heavy atom. The first-order valence-electron chi connectivity index (χ1n) is 5.27. The van der Waals surface area contributed by atoms with E-state index in [1.165, 1.54) is 0 Å². The van der Waals surface area contributed by atoms with E-state index in [0.29, 0.717) is 18.8 Å². The van der Waals surface area contributed by atoms with Crippen LogP contribution >= 0.6 is 0 Å². The lowest BCUT2D eigenvalue weighted by Crippen LogP contribution is -2.32. The lowest BCUT2D eigenvalue weighted by molar-refractivity contribution is 0.0451. The second-order valence-corrected chi connectivity index (χ2v) is 4.84. The van der Waals surface area contributed by atoms with Crippen molar-refractivity contribution in [2.24, 2.45) is 17.3 Å². The van der Waals surface area contributed by atoms with Crippen LogP contribution in [0.1, 0.15) is 25.7 Å². The summed E-state index contributed by atoms with van der Waals surface area (Å²) in [6, 6.07) is 0. The Labute approximate surface area is 76.9 Å². The Balaban J connectivity index is 1.82. The molecule has 74 valence electrons. The van der Waals surface area contributed by atoms with Crippen LogP contribution in [-0.4, -0.2) is 19.0 Å². The first-order chi connectivity index (χ1) is 6.18. The lowest BCUT2D eigenvalue weighted by Gasteiger charge is -2.22. The monoisotopic (exact) mass is 187 g/mol. The second kappa shape index (κ2) is 2.25. The molecule has 0 unspecified atom stereocenters. The predicted molar refractivity (Wildman–Crippen MR) is 45.7 cm³/mol. The van der Waals surface area contributed by atoms with Gasteiger partial charge >= 0.3 is 0 Å². The summed E-state index contributed by atoms with van der Waals surface area (Å²) in [5, 5.41) is 3.16. The van der Waals surface area contributed by atoms with Gasteiger partial charge in [0.1, 0.15) is 0 Å². The zero-order chi connectivity index (χ0) is 9.10. The molecule has 3 aliphatic rings. The van der Waals surface area contributed by atoms with Gasteiger partial charge in [-0.3, -0.25) is 0 Å². The number of hydrogen-bond donors (Lipinski definition) is 1. The van der Waals surface area contributed by atoms with Crippen molar-refractivity contribution >= 4 is 0 Å². The minimum atomic E-state index is -2.32. The van der Waals surface area contributed by atoms with E-state index in [2.05, 4.69) is 5.32 Å². The van der Waals surface area contributed by atoms with E-state index >= 15 is 0 Å². The van der Waals surface area contributed by atoms with Gasteiger partial charge in [0.25, 0.3) is 5.92 Å². The van der Waals surface area contributed by atoms with Crippen LogP contribution in [0.3, 0.4) is 0 Å². The minimum Gasteiger partial charge on any atom is -0.317 e. The van der Waals surface area contributed by atoms with Gasteiger partial charge in [0, 0.05) is 11.3 Å². The van der Waals surface area contributed by atoms with E-state index in [1.807, 2.05) is 0 Å². The Bertz CT molecular complexity index is 229. The van der Waals surface area contributed by atoms with Crippen LogP contribution in [0.4, 0.5) is 8.78 Å². The molecular formula is C10H15F2N. The van der Waals surface area contributed by atoms with Gasteiger partial charge in [0.15, 0.2) is 0 Å². The fraction of sp³-hybridized carbons (Fsp3) is 1.00. The smallest absolute Gasteiger partial charge is 0.258 e. The van der Waals surface area contributed by atoms with Gasteiger partial charge in [-0.25, -0.2) is 8.78 Å². The van der Waals surface area contributed by atoms with Crippen molar-refractivity contribution in [1.29, 1.82) is 0 Å². The Morgan fingerprint density at radius 1 is 1.08 bits per heavy atom. The van der Waals surface area contributed by atoms with Crippen molar-refractivity contribution in [3.8, 4) is 0 Å². The quantitative estimate of drug-likeness (QED) is 0.662. The first kappa shape index (κ1) is 8.16. The van der Waals surface area contributed by atoms with Crippen LogP contribution in [0, 0.1) is 17.3 Å². The van der Waals surface area contributed by atoms with Gasteiger partial charge in [-0.05, 0) is 44.7 Å². The van der Waals surface area contributed by atoms with Gasteiger partial charge in [0.2, 0.25) is 0 Å². The average Bonchev–Trinajstić information content (AvgIpc) is 2.96. The summed E-state index contributed by atoms with van der Waals surface area (Å²) in [4.78, 5) is 0. The van der Waals surface area contributed by atoms with Gasteiger partial charge < -0.3 is 5.32 Å². The van der Waals surface area contributed by atoms with Crippen LogP contribution in [0.2, 0.25) is 0 Å². The number of rotatable bonds is 1. The highest BCUT2D eigenvalue weighted by atomic mass is 19.3. The van der Waals surface area contributed by atoms with Crippen LogP contribution in [-0.2, 0) is 0 Å².